The molecule has 1 heterocycles. The number of hydrogen-bond acceptors (Lipinski definition) is 3. The highest BCUT2D eigenvalue weighted by Crippen LogP contribution is 2.24. The highest BCUT2D eigenvalue weighted by Gasteiger charge is 2.26. The predicted molar refractivity (Wildman–Crippen MR) is 73.6 cm³/mol. The van der Waals surface area contributed by atoms with E-state index in [1.807, 2.05) is 25.7 Å². The van der Waals surface area contributed by atoms with Crippen molar-refractivity contribution in [1.29, 1.82) is 0 Å². The maximum Gasteiger partial charge on any atom is 0.410 e. The standard InChI is InChI=1S/C13H25NO2S/c1-10(17)9-11-5-7-14(8-6-11)12(15)16-13(2,3)4/h10-11,17H,5-9H2,1-4H3. The third-order valence-corrected chi connectivity index (χ3v) is 3.15. The van der Waals surface area contributed by atoms with Crippen molar-refractivity contribution in [2.24, 2.45) is 5.92 Å². The minimum atomic E-state index is -0.395. The van der Waals surface area contributed by atoms with Crippen LogP contribution in [-0.2, 0) is 4.74 Å². The van der Waals surface area contributed by atoms with Crippen LogP contribution in [0.4, 0.5) is 4.79 Å². The topological polar surface area (TPSA) is 29.5 Å². The van der Waals surface area contributed by atoms with Gasteiger partial charge in [-0.05, 0) is 51.2 Å². The first-order valence-corrected chi connectivity index (χ1v) is 6.95. The van der Waals surface area contributed by atoms with Crippen molar-refractivity contribution < 1.29 is 9.53 Å². The van der Waals surface area contributed by atoms with Crippen molar-refractivity contribution in [3.63, 3.8) is 0 Å². The summed E-state index contributed by atoms with van der Waals surface area (Å²) >= 11 is 4.42. The van der Waals surface area contributed by atoms with Crippen LogP contribution >= 0.6 is 12.6 Å². The van der Waals surface area contributed by atoms with E-state index in [0.717, 1.165) is 32.4 Å². The van der Waals surface area contributed by atoms with Crippen LogP contribution in [0.2, 0.25) is 0 Å². The molecule has 0 N–H and O–H groups in total. The molecule has 1 unspecified atom stereocenters. The molecule has 0 aliphatic carbocycles. The van der Waals surface area contributed by atoms with Crippen molar-refractivity contribution in [1.82, 2.24) is 4.90 Å². The molecule has 17 heavy (non-hydrogen) atoms. The predicted octanol–water partition coefficient (Wildman–Crippen LogP) is 3.34. The third kappa shape index (κ3) is 5.66. The smallest absolute Gasteiger partial charge is 0.410 e. The van der Waals surface area contributed by atoms with Gasteiger partial charge in [0.05, 0.1) is 0 Å². The molecule has 0 saturated carbocycles. The van der Waals surface area contributed by atoms with Crippen LogP contribution in [0, 0.1) is 5.92 Å². The SMILES string of the molecule is CC(S)CC1CCN(C(=O)OC(C)(C)C)CC1. The molecule has 0 radical (unpaired) electrons. The second kappa shape index (κ2) is 5.98. The summed E-state index contributed by atoms with van der Waals surface area (Å²) < 4.78 is 5.37. The Morgan fingerprint density at radius 3 is 2.35 bits per heavy atom. The Labute approximate surface area is 110 Å². The number of nitrogens with zero attached hydrogens (tertiary/aromatic N) is 1. The highest BCUT2D eigenvalue weighted by atomic mass is 32.1. The Kier molecular flexibility index (Phi) is 5.17. The van der Waals surface area contributed by atoms with Gasteiger partial charge in [0.15, 0.2) is 0 Å². The Hall–Kier alpha value is -0.380. The maximum atomic E-state index is 11.8. The van der Waals surface area contributed by atoms with E-state index in [2.05, 4.69) is 19.6 Å². The summed E-state index contributed by atoms with van der Waals surface area (Å²) in [6.45, 7) is 9.48. The van der Waals surface area contributed by atoms with Gasteiger partial charge in [-0.15, -0.1) is 0 Å². The molecule has 100 valence electrons. The summed E-state index contributed by atoms with van der Waals surface area (Å²) in [5.41, 5.74) is -0.395. The van der Waals surface area contributed by atoms with Crippen LogP contribution in [0.3, 0.4) is 0 Å². The van der Waals surface area contributed by atoms with Crippen molar-refractivity contribution in [3.05, 3.63) is 0 Å². The fraction of sp³-hybridized carbons (Fsp3) is 0.923. The lowest BCUT2D eigenvalue weighted by molar-refractivity contribution is 0.0181. The Morgan fingerprint density at radius 1 is 1.41 bits per heavy atom. The third-order valence-electron chi connectivity index (χ3n) is 2.94. The van der Waals surface area contributed by atoms with E-state index in [1.54, 1.807) is 0 Å². The minimum Gasteiger partial charge on any atom is -0.444 e. The first kappa shape index (κ1) is 14.7. The second-order valence-electron chi connectivity index (χ2n) is 6.00. The van der Waals surface area contributed by atoms with Gasteiger partial charge >= 0.3 is 6.09 Å². The fourth-order valence-electron chi connectivity index (χ4n) is 2.16. The molecule has 1 rings (SSSR count). The molecular formula is C13H25NO2S. The van der Waals surface area contributed by atoms with E-state index in [9.17, 15) is 4.79 Å². The molecule has 1 amide bonds. The number of thiol groups is 1. The second-order valence-corrected chi connectivity index (χ2v) is 6.88. The van der Waals surface area contributed by atoms with Gasteiger partial charge in [-0.2, -0.15) is 12.6 Å². The zero-order valence-corrected chi connectivity index (χ0v) is 12.3. The van der Waals surface area contributed by atoms with E-state index in [0.29, 0.717) is 11.2 Å². The highest BCUT2D eigenvalue weighted by molar-refractivity contribution is 7.80. The van der Waals surface area contributed by atoms with E-state index in [-0.39, 0.29) is 6.09 Å². The van der Waals surface area contributed by atoms with Crippen LogP contribution in [-0.4, -0.2) is 34.9 Å². The van der Waals surface area contributed by atoms with E-state index in [4.69, 9.17) is 4.74 Å². The van der Waals surface area contributed by atoms with Crippen molar-refractivity contribution >= 4 is 18.7 Å². The summed E-state index contributed by atoms with van der Waals surface area (Å²) in [4.78, 5) is 13.7. The zero-order chi connectivity index (χ0) is 13.1. The molecule has 0 aromatic rings. The van der Waals surface area contributed by atoms with Gasteiger partial charge < -0.3 is 9.64 Å². The lowest BCUT2D eigenvalue weighted by atomic mass is 9.92. The van der Waals surface area contributed by atoms with E-state index in [1.165, 1.54) is 0 Å². The number of rotatable bonds is 2. The summed E-state index contributed by atoms with van der Waals surface area (Å²) in [7, 11) is 0. The minimum absolute atomic E-state index is 0.171. The van der Waals surface area contributed by atoms with Gasteiger partial charge in [0.25, 0.3) is 0 Å². The lowest BCUT2D eigenvalue weighted by Gasteiger charge is -2.33. The Balaban J connectivity index is 2.34. The molecule has 1 aliphatic rings. The van der Waals surface area contributed by atoms with Gasteiger partial charge in [-0.25, -0.2) is 4.79 Å². The summed E-state index contributed by atoms with van der Waals surface area (Å²) in [5, 5.41) is 0.452. The first-order valence-electron chi connectivity index (χ1n) is 6.44. The van der Waals surface area contributed by atoms with Gasteiger partial charge in [-0.1, -0.05) is 6.92 Å². The lowest BCUT2D eigenvalue weighted by Crippen LogP contribution is -2.41. The number of carbonyl (C=O) groups is 1. The van der Waals surface area contributed by atoms with Crippen molar-refractivity contribution in [3.8, 4) is 0 Å². The Morgan fingerprint density at radius 2 is 1.94 bits per heavy atom. The van der Waals surface area contributed by atoms with Crippen LogP contribution in [0.5, 0.6) is 0 Å². The normalized spacial score (nSPS) is 20.2. The number of carbonyl (C=O) groups excluding carboxylic acids is 1. The van der Waals surface area contributed by atoms with Crippen molar-refractivity contribution in [2.45, 2.75) is 57.8 Å². The fourth-order valence-corrected chi connectivity index (χ4v) is 2.46. The van der Waals surface area contributed by atoms with E-state index < -0.39 is 5.60 Å². The molecule has 1 fully saturated rings. The average Bonchev–Trinajstić information content (AvgIpc) is 2.15. The maximum absolute atomic E-state index is 11.8. The molecular weight excluding hydrogens is 234 g/mol. The number of piperidine rings is 1. The van der Waals surface area contributed by atoms with E-state index >= 15 is 0 Å². The number of ether oxygens (including phenoxy) is 1. The van der Waals surface area contributed by atoms with Crippen molar-refractivity contribution in [2.75, 3.05) is 13.1 Å². The Bertz CT molecular complexity index is 253. The first-order chi connectivity index (χ1) is 7.78. The quantitative estimate of drug-likeness (QED) is 0.771. The molecule has 1 saturated heterocycles. The molecule has 1 aliphatic heterocycles. The van der Waals surface area contributed by atoms with Gasteiger partial charge in [0, 0.05) is 13.1 Å². The average molecular weight is 259 g/mol. The molecule has 0 aromatic heterocycles. The van der Waals surface area contributed by atoms with Crippen LogP contribution in [0.25, 0.3) is 0 Å². The molecule has 4 heteroatoms. The molecule has 0 aromatic carbocycles. The summed E-state index contributed by atoms with van der Waals surface area (Å²) in [6.07, 6.45) is 3.12. The molecule has 1 atom stereocenters. The van der Waals surface area contributed by atoms with Crippen LogP contribution < -0.4 is 0 Å². The zero-order valence-electron chi connectivity index (χ0n) is 11.4. The van der Waals surface area contributed by atoms with Crippen LogP contribution in [0.1, 0.15) is 47.0 Å². The monoisotopic (exact) mass is 259 g/mol. The number of hydrogen-bond donors (Lipinski definition) is 1. The number of amides is 1. The number of likely N-dealkylation sites (tertiary alicyclic amines) is 1. The molecule has 0 spiro atoms. The summed E-state index contributed by atoms with van der Waals surface area (Å²) in [5.74, 6) is 0.709. The summed E-state index contributed by atoms with van der Waals surface area (Å²) in [6, 6.07) is 0. The largest absolute Gasteiger partial charge is 0.444 e. The molecule has 3 nitrogen and oxygen atoms in total. The molecule has 0 bridgehead atoms. The van der Waals surface area contributed by atoms with Gasteiger partial charge in [0.2, 0.25) is 0 Å². The van der Waals surface area contributed by atoms with Crippen LogP contribution in [0.15, 0.2) is 0 Å². The van der Waals surface area contributed by atoms with Gasteiger partial charge in [0.1, 0.15) is 5.60 Å². The van der Waals surface area contributed by atoms with Gasteiger partial charge in [-0.3, -0.25) is 0 Å².